The van der Waals surface area contributed by atoms with E-state index in [1.54, 1.807) is 0 Å². The number of aryl methyl sites for hydroxylation is 1. The molecular formula is C10H17N3O. The molecule has 1 aliphatic rings. The lowest BCUT2D eigenvalue weighted by Gasteiger charge is -2.19. The Balaban J connectivity index is 2.00. The molecule has 0 radical (unpaired) electrons. The van der Waals surface area contributed by atoms with E-state index in [1.807, 2.05) is 0 Å². The van der Waals surface area contributed by atoms with Gasteiger partial charge in [0.05, 0.1) is 6.04 Å². The summed E-state index contributed by atoms with van der Waals surface area (Å²) in [5.41, 5.74) is 0. The quantitative estimate of drug-likeness (QED) is 0.799. The van der Waals surface area contributed by atoms with Crippen LogP contribution in [0.15, 0.2) is 4.52 Å². The zero-order valence-electron chi connectivity index (χ0n) is 8.62. The topological polar surface area (TPSA) is 51.0 Å². The monoisotopic (exact) mass is 195 g/mol. The zero-order valence-corrected chi connectivity index (χ0v) is 8.62. The predicted octanol–water partition coefficient (Wildman–Crippen LogP) is 1.84. The van der Waals surface area contributed by atoms with Crippen LogP contribution in [-0.2, 0) is 6.42 Å². The van der Waals surface area contributed by atoms with E-state index in [9.17, 15) is 0 Å². The Morgan fingerprint density at radius 2 is 2.43 bits per heavy atom. The fourth-order valence-electron chi connectivity index (χ4n) is 1.80. The summed E-state index contributed by atoms with van der Waals surface area (Å²) in [5, 5.41) is 7.35. The van der Waals surface area contributed by atoms with Crippen molar-refractivity contribution in [2.24, 2.45) is 0 Å². The van der Waals surface area contributed by atoms with E-state index in [0.717, 1.165) is 37.5 Å². The molecule has 4 nitrogen and oxygen atoms in total. The first-order chi connectivity index (χ1) is 6.90. The SMILES string of the molecule is CCCc1noc(C2CCCCN2)n1. The van der Waals surface area contributed by atoms with Crippen molar-refractivity contribution in [2.75, 3.05) is 6.54 Å². The predicted molar refractivity (Wildman–Crippen MR) is 52.9 cm³/mol. The highest BCUT2D eigenvalue weighted by Crippen LogP contribution is 2.21. The molecule has 1 aliphatic heterocycles. The van der Waals surface area contributed by atoms with Crippen LogP contribution in [0.3, 0.4) is 0 Å². The lowest BCUT2D eigenvalue weighted by atomic mass is 10.1. The van der Waals surface area contributed by atoms with Crippen molar-refractivity contribution < 1.29 is 4.52 Å². The lowest BCUT2D eigenvalue weighted by Crippen LogP contribution is -2.26. The number of aromatic nitrogens is 2. The van der Waals surface area contributed by atoms with Gasteiger partial charge in [-0.15, -0.1) is 0 Å². The Morgan fingerprint density at radius 1 is 1.50 bits per heavy atom. The van der Waals surface area contributed by atoms with Gasteiger partial charge in [0.1, 0.15) is 0 Å². The maximum Gasteiger partial charge on any atom is 0.243 e. The molecule has 0 spiro atoms. The molecule has 1 unspecified atom stereocenters. The van der Waals surface area contributed by atoms with E-state index in [-0.39, 0.29) is 0 Å². The standard InChI is InChI=1S/C10H17N3O/c1-2-5-9-12-10(14-13-9)8-6-3-4-7-11-8/h8,11H,2-7H2,1H3. The van der Waals surface area contributed by atoms with E-state index in [4.69, 9.17) is 4.52 Å². The number of nitrogens with one attached hydrogen (secondary N) is 1. The number of nitrogens with zero attached hydrogens (tertiary/aromatic N) is 2. The second-order valence-electron chi connectivity index (χ2n) is 3.80. The van der Waals surface area contributed by atoms with Gasteiger partial charge in [-0.05, 0) is 25.8 Å². The van der Waals surface area contributed by atoms with Crippen LogP contribution in [0.25, 0.3) is 0 Å². The maximum atomic E-state index is 5.23. The van der Waals surface area contributed by atoms with Gasteiger partial charge < -0.3 is 9.84 Å². The van der Waals surface area contributed by atoms with E-state index in [0.29, 0.717) is 6.04 Å². The second-order valence-corrected chi connectivity index (χ2v) is 3.80. The number of hydrogen-bond donors (Lipinski definition) is 1. The Bertz CT molecular complexity index is 279. The molecular weight excluding hydrogens is 178 g/mol. The molecule has 1 fully saturated rings. The molecule has 2 heterocycles. The summed E-state index contributed by atoms with van der Waals surface area (Å²) in [4.78, 5) is 4.38. The second kappa shape index (κ2) is 4.55. The molecule has 0 aliphatic carbocycles. The largest absolute Gasteiger partial charge is 0.338 e. The molecule has 78 valence electrons. The van der Waals surface area contributed by atoms with Gasteiger partial charge in [-0.3, -0.25) is 0 Å². The van der Waals surface area contributed by atoms with Crippen LogP contribution >= 0.6 is 0 Å². The van der Waals surface area contributed by atoms with Crippen molar-refractivity contribution in [1.82, 2.24) is 15.5 Å². The third-order valence-corrected chi connectivity index (χ3v) is 2.57. The summed E-state index contributed by atoms with van der Waals surface area (Å²) in [6.07, 6.45) is 5.61. The van der Waals surface area contributed by atoms with Crippen LogP contribution in [0.4, 0.5) is 0 Å². The van der Waals surface area contributed by atoms with E-state index >= 15 is 0 Å². The first kappa shape index (κ1) is 9.65. The van der Waals surface area contributed by atoms with Gasteiger partial charge in [0.25, 0.3) is 0 Å². The van der Waals surface area contributed by atoms with Crippen LogP contribution in [-0.4, -0.2) is 16.7 Å². The fraction of sp³-hybridized carbons (Fsp3) is 0.800. The van der Waals surface area contributed by atoms with Gasteiger partial charge in [-0.1, -0.05) is 18.5 Å². The Kier molecular flexibility index (Phi) is 3.14. The summed E-state index contributed by atoms with van der Waals surface area (Å²) >= 11 is 0. The number of rotatable bonds is 3. The van der Waals surface area contributed by atoms with Gasteiger partial charge in [0, 0.05) is 6.42 Å². The molecule has 1 aromatic heterocycles. The van der Waals surface area contributed by atoms with E-state index in [1.165, 1.54) is 12.8 Å². The summed E-state index contributed by atoms with van der Waals surface area (Å²) < 4.78 is 5.23. The molecule has 2 rings (SSSR count). The average Bonchev–Trinajstić information content (AvgIpc) is 2.68. The van der Waals surface area contributed by atoms with Crippen molar-refractivity contribution in [3.8, 4) is 0 Å². The van der Waals surface area contributed by atoms with Gasteiger partial charge >= 0.3 is 0 Å². The molecule has 0 saturated carbocycles. The minimum Gasteiger partial charge on any atom is -0.338 e. The van der Waals surface area contributed by atoms with Gasteiger partial charge in [-0.25, -0.2) is 0 Å². The van der Waals surface area contributed by atoms with Crippen LogP contribution < -0.4 is 5.32 Å². The van der Waals surface area contributed by atoms with Crippen LogP contribution in [0.2, 0.25) is 0 Å². The van der Waals surface area contributed by atoms with Crippen molar-refractivity contribution >= 4 is 0 Å². The van der Waals surface area contributed by atoms with E-state index in [2.05, 4.69) is 22.4 Å². The smallest absolute Gasteiger partial charge is 0.243 e. The van der Waals surface area contributed by atoms with Gasteiger partial charge in [0.15, 0.2) is 5.82 Å². The highest BCUT2D eigenvalue weighted by molar-refractivity contribution is 4.94. The molecule has 1 saturated heterocycles. The van der Waals surface area contributed by atoms with Crippen LogP contribution in [0.5, 0.6) is 0 Å². The molecule has 4 heteroatoms. The Labute approximate surface area is 84.1 Å². The molecule has 1 atom stereocenters. The van der Waals surface area contributed by atoms with Crippen molar-refractivity contribution in [3.63, 3.8) is 0 Å². The normalized spacial score (nSPS) is 22.5. The third-order valence-electron chi connectivity index (χ3n) is 2.57. The molecule has 0 bridgehead atoms. The fourth-order valence-corrected chi connectivity index (χ4v) is 1.80. The molecule has 1 N–H and O–H groups in total. The first-order valence-electron chi connectivity index (χ1n) is 5.46. The maximum absolute atomic E-state index is 5.23. The van der Waals surface area contributed by atoms with Crippen LogP contribution in [0.1, 0.15) is 50.4 Å². The summed E-state index contributed by atoms with van der Waals surface area (Å²) in [6.45, 7) is 3.19. The van der Waals surface area contributed by atoms with Crippen molar-refractivity contribution in [3.05, 3.63) is 11.7 Å². The molecule has 0 aromatic carbocycles. The van der Waals surface area contributed by atoms with Crippen LogP contribution in [0, 0.1) is 0 Å². The zero-order chi connectivity index (χ0) is 9.80. The number of piperidine rings is 1. The highest BCUT2D eigenvalue weighted by Gasteiger charge is 2.20. The lowest BCUT2D eigenvalue weighted by molar-refractivity contribution is 0.296. The van der Waals surface area contributed by atoms with Crippen molar-refractivity contribution in [1.29, 1.82) is 0 Å². The molecule has 14 heavy (non-hydrogen) atoms. The van der Waals surface area contributed by atoms with E-state index < -0.39 is 0 Å². The molecule has 0 amide bonds. The highest BCUT2D eigenvalue weighted by atomic mass is 16.5. The summed E-state index contributed by atoms with van der Waals surface area (Å²) in [6, 6.07) is 0.293. The average molecular weight is 195 g/mol. The summed E-state index contributed by atoms with van der Waals surface area (Å²) in [5.74, 6) is 1.61. The summed E-state index contributed by atoms with van der Waals surface area (Å²) in [7, 11) is 0. The number of hydrogen-bond acceptors (Lipinski definition) is 4. The van der Waals surface area contributed by atoms with Gasteiger partial charge in [-0.2, -0.15) is 4.98 Å². The molecule has 1 aromatic rings. The third kappa shape index (κ3) is 2.12. The Hall–Kier alpha value is -0.900. The minimum atomic E-state index is 0.293. The Morgan fingerprint density at radius 3 is 3.14 bits per heavy atom. The van der Waals surface area contributed by atoms with Crippen molar-refractivity contribution in [2.45, 2.75) is 45.1 Å². The van der Waals surface area contributed by atoms with Gasteiger partial charge in [0.2, 0.25) is 5.89 Å². The first-order valence-corrected chi connectivity index (χ1v) is 5.46. The minimum absolute atomic E-state index is 0.293.